The molecule has 0 aromatic carbocycles. The molecule has 0 radical (unpaired) electrons. The summed E-state index contributed by atoms with van der Waals surface area (Å²) in [4.78, 5) is 11.5. The highest BCUT2D eigenvalue weighted by atomic mass is 32.2. The van der Waals surface area contributed by atoms with Crippen LogP contribution in [0.25, 0.3) is 0 Å². The van der Waals surface area contributed by atoms with Crippen LogP contribution >= 0.6 is 11.8 Å². The summed E-state index contributed by atoms with van der Waals surface area (Å²) in [6.45, 7) is 10.8. The van der Waals surface area contributed by atoms with E-state index < -0.39 is 0 Å². The molecule has 0 atom stereocenters. The molecule has 5 nitrogen and oxygen atoms in total. The highest BCUT2D eigenvalue weighted by Gasteiger charge is 2.25. The summed E-state index contributed by atoms with van der Waals surface area (Å²) in [7, 11) is 0. The van der Waals surface area contributed by atoms with E-state index in [1.807, 2.05) is 18.7 Å². The number of nitrogen functional groups attached to an aromatic ring is 1. The van der Waals surface area contributed by atoms with Crippen molar-refractivity contribution in [3.05, 3.63) is 11.4 Å². The predicted octanol–water partition coefficient (Wildman–Crippen LogP) is 2.35. The molecular formula is C14H25N5S. The smallest absolute Gasteiger partial charge is 0.148 e. The van der Waals surface area contributed by atoms with Gasteiger partial charge in [0.1, 0.15) is 17.5 Å². The Balaban J connectivity index is 2.31. The van der Waals surface area contributed by atoms with Crippen LogP contribution in [0.15, 0.2) is 0 Å². The lowest BCUT2D eigenvalue weighted by Gasteiger charge is -2.25. The van der Waals surface area contributed by atoms with Gasteiger partial charge in [0.05, 0.1) is 0 Å². The minimum absolute atomic E-state index is 0.345. The maximum absolute atomic E-state index is 5.58. The van der Waals surface area contributed by atoms with Crippen molar-refractivity contribution < 1.29 is 0 Å². The van der Waals surface area contributed by atoms with E-state index in [1.165, 1.54) is 0 Å². The van der Waals surface area contributed by atoms with Gasteiger partial charge in [0, 0.05) is 35.6 Å². The van der Waals surface area contributed by atoms with Crippen LogP contribution in [0.5, 0.6) is 0 Å². The van der Waals surface area contributed by atoms with E-state index in [1.54, 1.807) is 0 Å². The first-order chi connectivity index (χ1) is 9.46. The Morgan fingerprint density at radius 3 is 2.75 bits per heavy atom. The Bertz CT molecular complexity index is 475. The van der Waals surface area contributed by atoms with E-state index in [2.05, 4.69) is 36.1 Å². The van der Waals surface area contributed by atoms with Crippen LogP contribution in [0.3, 0.4) is 0 Å². The van der Waals surface area contributed by atoms with Crippen molar-refractivity contribution in [2.75, 3.05) is 29.2 Å². The standard InChI is InChI=1S/C14H25N5S/c1-5-11-16-12(18-15)10(2)13(17-11)19-7-6-14(3,4)20-9-8-19/h5-9,15H2,1-4H3,(H,16,17,18). The van der Waals surface area contributed by atoms with Gasteiger partial charge in [-0.25, -0.2) is 15.8 Å². The fourth-order valence-corrected chi connectivity index (χ4v) is 3.49. The molecule has 0 spiro atoms. The molecule has 1 aromatic rings. The van der Waals surface area contributed by atoms with Gasteiger partial charge in [0.15, 0.2) is 0 Å². The summed E-state index contributed by atoms with van der Waals surface area (Å²) in [5.41, 5.74) is 3.73. The van der Waals surface area contributed by atoms with Gasteiger partial charge in [-0.2, -0.15) is 11.8 Å². The van der Waals surface area contributed by atoms with Gasteiger partial charge in [-0.3, -0.25) is 0 Å². The number of thioether (sulfide) groups is 1. The van der Waals surface area contributed by atoms with Crippen LogP contribution in [0.1, 0.15) is 38.6 Å². The van der Waals surface area contributed by atoms with E-state index >= 15 is 0 Å². The normalized spacial score (nSPS) is 18.8. The first-order valence-electron chi connectivity index (χ1n) is 7.20. The van der Waals surface area contributed by atoms with Crippen LogP contribution in [0.4, 0.5) is 11.6 Å². The van der Waals surface area contributed by atoms with Gasteiger partial charge in [0.2, 0.25) is 0 Å². The number of hydrazine groups is 1. The molecule has 1 aliphatic heterocycles. The average Bonchev–Trinajstić information content (AvgIpc) is 2.60. The molecule has 2 heterocycles. The second kappa shape index (κ2) is 6.18. The molecular weight excluding hydrogens is 270 g/mol. The number of anilines is 2. The van der Waals surface area contributed by atoms with Gasteiger partial charge in [0.25, 0.3) is 0 Å². The van der Waals surface area contributed by atoms with E-state index in [4.69, 9.17) is 10.8 Å². The predicted molar refractivity (Wildman–Crippen MR) is 87.3 cm³/mol. The lowest BCUT2D eigenvalue weighted by molar-refractivity contribution is 0.633. The van der Waals surface area contributed by atoms with Gasteiger partial charge in [-0.1, -0.05) is 20.8 Å². The van der Waals surface area contributed by atoms with Gasteiger partial charge < -0.3 is 10.3 Å². The number of hydrogen-bond donors (Lipinski definition) is 2. The molecule has 0 amide bonds. The van der Waals surface area contributed by atoms with Crippen molar-refractivity contribution in [2.24, 2.45) is 5.84 Å². The number of nitrogens with zero attached hydrogens (tertiary/aromatic N) is 3. The van der Waals surface area contributed by atoms with Gasteiger partial charge in [-0.15, -0.1) is 0 Å². The van der Waals surface area contributed by atoms with Crippen molar-refractivity contribution in [3.8, 4) is 0 Å². The van der Waals surface area contributed by atoms with Gasteiger partial charge >= 0.3 is 0 Å². The third kappa shape index (κ3) is 3.35. The van der Waals surface area contributed by atoms with Crippen molar-refractivity contribution in [1.82, 2.24) is 9.97 Å². The Labute approximate surface area is 125 Å². The molecule has 6 heteroatoms. The molecule has 0 saturated carbocycles. The Hall–Kier alpha value is -1.01. The first kappa shape index (κ1) is 15.4. The summed E-state index contributed by atoms with van der Waals surface area (Å²) >= 11 is 2.04. The van der Waals surface area contributed by atoms with Crippen LogP contribution in [-0.4, -0.2) is 33.6 Å². The molecule has 0 unspecified atom stereocenters. The van der Waals surface area contributed by atoms with E-state index in [0.717, 1.165) is 54.7 Å². The second-order valence-corrected chi connectivity index (χ2v) is 7.58. The maximum Gasteiger partial charge on any atom is 0.148 e. The van der Waals surface area contributed by atoms with Crippen LogP contribution in [0, 0.1) is 6.92 Å². The van der Waals surface area contributed by atoms with Crippen molar-refractivity contribution in [1.29, 1.82) is 0 Å². The Kier molecular flexibility index (Phi) is 4.75. The molecule has 2 rings (SSSR count). The van der Waals surface area contributed by atoms with E-state index in [0.29, 0.717) is 4.75 Å². The lowest BCUT2D eigenvalue weighted by Crippen LogP contribution is -2.29. The monoisotopic (exact) mass is 295 g/mol. The number of nitrogens with one attached hydrogen (secondary N) is 1. The number of nitrogens with two attached hydrogens (primary N) is 1. The number of hydrogen-bond acceptors (Lipinski definition) is 6. The quantitative estimate of drug-likeness (QED) is 0.659. The molecule has 1 aromatic heterocycles. The van der Waals surface area contributed by atoms with Crippen LogP contribution in [-0.2, 0) is 6.42 Å². The molecule has 0 bridgehead atoms. The maximum atomic E-state index is 5.58. The first-order valence-corrected chi connectivity index (χ1v) is 8.18. The Morgan fingerprint density at radius 1 is 1.35 bits per heavy atom. The number of aryl methyl sites for hydroxylation is 1. The third-order valence-electron chi connectivity index (χ3n) is 3.76. The summed E-state index contributed by atoms with van der Waals surface area (Å²) in [6, 6.07) is 0. The molecule has 1 saturated heterocycles. The lowest BCUT2D eigenvalue weighted by atomic mass is 10.1. The molecule has 0 aliphatic carbocycles. The zero-order valence-corrected chi connectivity index (χ0v) is 13.7. The summed E-state index contributed by atoms with van der Waals surface area (Å²) in [5.74, 6) is 9.32. The minimum atomic E-state index is 0.345. The Morgan fingerprint density at radius 2 is 2.10 bits per heavy atom. The topological polar surface area (TPSA) is 67.1 Å². The SMILES string of the molecule is CCc1nc(NN)c(C)c(N2CCSC(C)(C)CC2)n1. The third-order valence-corrected chi connectivity index (χ3v) is 5.13. The van der Waals surface area contributed by atoms with Gasteiger partial charge in [-0.05, 0) is 13.3 Å². The summed E-state index contributed by atoms with van der Waals surface area (Å²) in [5, 5.41) is 0. The number of aromatic nitrogens is 2. The fraction of sp³-hybridized carbons (Fsp3) is 0.714. The zero-order chi connectivity index (χ0) is 14.8. The minimum Gasteiger partial charge on any atom is -0.355 e. The highest BCUT2D eigenvalue weighted by molar-refractivity contribution is 8.00. The fourth-order valence-electron chi connectivity index (χ4n) is 2.39. The molecule has 112 valence electrons. The summed E-state index contributed by atoms with van der Waals surface area (Å²) in [6.07, 6.45) is 1.98. The van der Waals surface area contributed by atoms with Crippen LogP contribution < -0.4 is 16.2 Å². The molecule has 1 aliphatic rings. The molecule has 1 fully saturated rings. The van der Waals surface area contributed by atoms with Crippen LogP contribution in [0.2, 0.25) is 0 Å². The largest absolute Gasteiger partial charge is 0.355 e. The van der Waals surface area contributed by atoms with E-state index in [9.17, 15) is 0 Å². The number of rotatable bonds is 3. The molecule has 3 N–H and O–H groups in total. The average molecular weight is 295 g/mol. The van der Waals surface area contributed by atoms with Crippen molar-refractivity contribution >= 4 is 23.4 Å². The van der Waals surface area contributed by atoms with E-state index in [-0.39, 0.29) is 0 Å². The summed E-state index contributed by atoms with van der Waals surface area (Å²) < 4.78 is 0.345. The second-order valence-electron chi connectivity index (χ2n) is 5.78. The highest BCUT2D eigenvalue weighted by Crippen LogP contribution is 2.33. The zero-order valence-electron chi connectivity index (χ0n) is 12.9. The molecule has 20 heavy (non-hydrogen) atoms. The van der Waals surface area contributed by atoms with Crippen molar-refractivity contribution in [2.45, 2.75) is 45.3 Å². The van der Waals surface area contributed by atoms with Crippen molar-refractivity contribution in [3.63, 3.8) is 0 Å².